The van der Waals surface area contributed by atoms with Gasteiger partial charge in [-0.15, -0.1) is 0 Å². The number of alkyl halides is 2. The van der Waals surface area contributed by atoms with E-state index in [-0.39, 0.29) is 25.0 Å². The summed E-state index contributed by atoms with van der Waals surface area (Å²) in [4.78, 5) is 35.8. The lowest BCUT2D eigenvalue weighted by molar-refractivity contribution is -0.189. The molecule has 0 radical (unpaired) electrons. The Morgan fingerprint density at radius 2 is 1.94 bits per heavy atom. The Morgan fingerprint density at radius 1 is 1.26 bits per heavy atom. The minimum atomic E-state index is -2.44. The van der Waals surface area contributed by atoms with Crippen molar-refractivity contribution >= 4 is 17.5 Å². The third-order valence-electron chi connectivity index (χ3n) is 8.48. The van der Waals surface area contributed by atoms with Crippen LogP contribution in [-0.2, 0) is 19.1 Å². The van der Waals surface area contributed by atoms with Crippen LogP contribution in [0, 0.1) is 28.6 Å². The van der Waals surface area contributed by atoms with Crippen molar-refractivity contribution in [1.82, 2.24) is 0 Å². The van der Waals surface area contributed by atoms with Gasteiger partial charge in [0.1, 0.15) is 12.3 Å². The second kappa shape index (κ2) is 7.04. The number of allylic oxidation sites excluding steroid dienone is 4. The molecule has 170 valence electrons. The summed E-state index contributed by atoms with van der Waals surface area (Å²) in [6, 6.07) is 0. The van der Waals surface area contributed by atoms with Crippen LogP contribution in [0.2, 0.25) is 0 Å². The molecule has 0 saturated heterocycles. The first-order valence-corrected chi connectivity index (χ1v) is 10.7. The van der Waals surface area contributed by atoms with Gasteiger partial charge in [-0.05, 0) is 48.8 Å². The molecule has 8 heteroatoms. The summed E-state index contributed by atoms with van der Waals surface area (Å²) in [7, 11) is 0. The molecule has 0 aliphatic heterocycles. The van der Waals surface area contributed by atoms with Gasteiger partial charge in [0.25, 0.3) is 0 Å². The summed E-state index contributed by atoms with van der Waals surface area (Å²) in [6.45, 7) is 3.68. The molecule has 4 aliphatic carbocycles. The maximum Gasteiger partial charge on any atom is 0.303 e. The predicted octanol–water partition coefficient (Wildman–Crippen LogP) is 2.02. The SMILES string of the molecule is CC(=O)OCC(=O)[C@@]1(O)[C@H](F)C[C@@H]2[C@@H]3C[C@H](F)C4=CC(=O)C=C[C@]4(C)[C@@H]3[C@H](O)C[C@]21C. The van der Waals surface area contributed by atoms with Gasteiger partial charge in [0.15, 0.2) is 18.0 Å². The first-order valence-electron chi connectivity index (χ1n) is 10.7. The topological polar surface area (TPSA) is 101 Å². The molecule has 3 saturated carbocycles. The van der Waals surface area contributed by atoms with Crippen LogP contribution in [0.5, 0.6) is 0 Å². The minimum Gasteiger partial charge on any atom is -0.458 e. The normalized spacial score (nSPS) is 48.4. The van der Waals surface area contributed by atoms with E-state index in [0.717, 1.165) is 6.92 Å². The van der Waals surface area contributed by atoms with Crippen molar-refractivity contribution < 1.29 is 38.1 Å². The lowest BCUT2D eigenvalue weighted by atomic mass is 9.46. The molecule has 0 spiro atoms. The number of hydrogen-bond donors (Lipinski definition) is 2. The van der Waals surface area contributed by atoms with Gasteiger partial charge in [-0.2, -0.15) is 0 Å². The fourth-order valence-electron chi connectivity index (χ4n) is 7.08. The van der Waals surface area contributed by atoms with E-state index < -0.39 is 71.0 Å². The third-order valence-corrected chi connectivity index (χ3v) is 8.48. The number of aliphatic hydroxyl groups is 2. The molecule has 0 amide bonds. The molecule has 31 heavy (non-hydrogen) atoms. The average molecular weight is 438 g/mol. The number of ketones is 2. The van der Waals surface area contributed by atoms with Crippen LogP contribution in [0.1, 0.15) is 40.0 Å². The second-order valence-electron chi connectivity index (χ2n) is 9.98. The molecule has 3 fully saturated rings. The van der Waals surface area contributed by atoms with E-state index in [0.29, 0.717) is 5.57 Å². The van der Waals surface area contributed by atoms with Gasteiger partial charge in [-0.25, -0.2) is 8.78 Å². The molecule has 0 aromatic heterocycles. The van der Waals surface area contributed by atoms with Crippen LogP contribution in [0.3, 0.4) is 0 Å². The average Bonchev–Trinajstić information content (AvgIpc) is 2.88. The lowest BCUT2D eigenvalue weighted by Gasteiger charge is -2.59. The lowest BCUT2D eigenvalue weighted by Crippen LogP contribution is -2.64. The van der Waals surface area contributed by atoms with Crippen LogP contribution in [0.15, 0.2) is 23.8 Å². The number of rotatable bonds is 3. The van der Waals surface area contributed by atoms with E-state index in [1.54, 1.807) is 19.9 Å². The summed E-state index contributed by atoms with van der Waals surface area (Å²) in [5.41, 5.74) is -4.39. The van der Waals surface area contributed by atoms with Crippen molar-refractivity contribution in [1.29, 1.82) is 0 Å². The van der Waals surface area contributed by atoms with E-state index in [2.05, 4.69) is 0 Å². The zero-order valence-corrected chi connectivity index (χ0v) is 17.8. The third kappa shape index (κ3) is 2.90. The molecule has 0 unspecified atom stereocenters. The molecular weight excluding hydrogens is 410 g/mol. The van der Waals surface area contributed by atoms with Crippen LogP contribution < -0.4 is 0 Å². The van der Waals surface area contributed by atoms with E-state index in [4.69, 9.17) is 4.74 Å². The highest BCUT2D eigenvalue weighted by atomic mass is 19.1. The van der Waals surface area contributed by atoms with Crippen molar-refractivity contribution in [3.05, 3.63) is 23.8 Å². The molecule has 4 aliphatic rings. The van der Waals surface area contributed by atoms with Gasteiger partial charge in [-0.3, -0.25) is 14.4 Å². The molecule has 6 nitrogen and oxygen atoms in total. The maximum atomic E-state index is 15.3. The number of aliphatic hydroxyl groups excluding tert-OH is 1. The standard InChI is InChI=1S/C23H28F2O6/c1-11(26)31-10-19(29)23(30)18(25)8-14-13-7-16(24)15-6-12(27)4-5-21(15,2)20(13)17(28)9-22(14,23)3/h4-6,13-14,16-18,20,28,30H,7-10H2,1-3H3/t13-,14+,16-,17+,18+,20-,21-,22+,23-/m0/s1. The number of carbonyl (C=O) groups excluding carboxylic acids is 3. The van der Waals surface area contributed by atoms with Crippen LogP contribution >= 0.6 is 0 Å². The van der Waals surface area contributed by atoms with Gasteiger partial charge in [0.2, 0.25) is 5.78 Å². The Labute approximate surface area is 179 Å². The molecule has 0 aromatic carbocycles. The minimum absolute atomic E-state index is 0.0224. The molecule has 0 bridgehead atoms. The number of esters is 1. The summed E-state index contributed by atoms with van der Waals surface area (Å²) in [6.07, 6.45) is -0.395. The Kier molecular flexibility index (Phi) is 5.05. The first kappa shape index (κ1) is 22.3. The Hall–Kier alpha value is -1.93. The zero-order chi connectivity index (χ0) is 22.9. The Morgan fingerprint density at radius 3 is 2.58 bits per heavy atom. The Bertz CT molecular complexity index is 898. The summed E-state index contributed by atoms with van der Waals surface area (Å²) >= 11 is 0. The number of carbonyl (C=O) groups is 3. The highest BCUT2D eigenvalue weighted by molar-refractivity contribution is 6.01. The molecule has 4 rings (SSSR count). The zero-order valence-electron chi connectivity index (χ0n) is 17.8. The summed E-state index contributed by atoms with van der Waals surface area (Å²) in [5, 5.41) is 22.5. The largest absolute Gasteiger partial charge is 0.458 e. The molecule has 2 N–H and O–H groups in total. The predicted molar refractivity (Wildman–Crippen MR) is 105 cm³/mol. The quantitative estimate of drug-likeness (QED) is 0.654. The van der Waals surface area contributed by atoms with Crippen LogP contribution in [-0.4, -0.2) is 58.4 Å². The number of ether oxygens (including phenoxy) is 1. The van der Waals surface area contributed by atoms with Crippen molar-refractivity contribution in [2.45, 2.75) is 64.1 Å². The van der Waals surface area contributed by atoms with Gasteiger partial charge < -0.3 is 14.9 Å². The van der Waals surface area contributed by atoms with Crippen molar-refractivity contribution in [3.63, 3.8) is 0 Å². The Balaban J connectivity index is 1.74. The summed E-state index contributed by atoms with van der Waals surface area (Å²) < 4.78 is 35.3. The fourth-order valence-corrected chi connectivity index (χ4v) is 7.08. The van der Waals surface area contributed by atoms with Gasteiger partial charge in [0, 0.05) is 23.7 Å². The van der Waals surface area contributed by atoms with E-state index in [1.807, 2.05) is 0 Å². The molecule has 9 atom stereocenters. The van der Waals surface area contributed by atoms with E-state index in [1.165, 1.54) is 12.2 Å². The smallest absolute Gasteiger partial charge is 0.303 e. The van der Waals surface area contributed by atoms with Crippen molar-refractivity contribution in [3.8, 4) is 0 Å². The van der Waals surface area contributed by atoms with Crippen molar-refractivity contribution in [2.24, 2.45) is 28.6 Å². The first-order chi connectivity index (χ1) is 14.4. The highest BCUT2D eigenvalue weighted by Crippen LogP contribution is 2.67. The molecule has 0 aromatic rings. The van der Waals surface area contributed by atoms with Gasteiger partial charge in [0.05, 0.1) is 6.10 Å². The molecule has 0 heterocycles. The van der Waals surface area contributed by atoms with E-state index in [9.17, 15) is 24.6 Å². The highest BCUT2D eigenvalue weighted by Gasteiger charge is 2.72. The fraction of sp³-hybridized carbons (Fsp3) is 0.696. The summed E-state index contributed by atoms with van der Waals surface area (Å²) in [5.74, 6) is -3.53. The van der Waals surface area contributed by atoms with Crippen LogP contribution in [0.25, 0.3) is 0 Å². The van der Waals surface area contributed by atoms with E-state index >= 15 is 8.78 Å². The maximum absolute atomic E-state index is 15.3. The van der Waals surface area contributed by atoms with Gasteiger partial charge in [-0.1, -0.05) is 19.9 Å². The number of fused-ring (bicyclic) bond motifs is 5. The van der Waals surface area contributed by atoms with Crippen LogP contribution in [0.4, 0.5) is 8.78 Å². The number of halogens is 2. The van der Waals surface area contributed by atoms with Crippen molar-refractivity contribution in [2.75, 3.05) is 6.61 Å². The monoisotopic (exact) mass is 438 g/mol. The second-order valence-corrected chi connectivity index (χ2v) is 9.98. The van der Waals surface area contributed by atoms with Gasteiger partial charge >= 0.3 is 5.97 Å². The molecular formula is C23H28F2O6. The number of Topliss-reactive ketones (excluding diaryl/α,β-unsaturated/α-hetero) is 1. The number of hydrogen-bond acceptors (Lipinski definition) is 6.